The number of carbonyl (C=O) groups is 1. The van der Waals surface area contributed by atoms with E-state index in [0.29, 0.717) is 47.3 Å². The molecule has 0 bridgehead atoms. The normalized spacial score (nSPS) is 18.3. The summed E-state index contributed by atoms with van der Waals surface area (Å²) >= 11 is 9.89. The van der Waals surface area contributed by atoms with Crippen LogP contribution in [0.5, 0.6) is 11.5 Å². The van der Waals surface area contributed by atoms with Crippen molar-refractivity contribution in [3.63, 3.8) is 0 Å². The Morgan fingerprint density at radius 1 is 1.16 bits per heavy atom. The van der Waals surface area contributed by atoms with E-state index >= 15 is 0 Å². The Kier molecular flexibility index (Phi) is 7.62. The average Bonchev–Trinajstić information content (AvgIpc) is 2.75. The number of rotatable bonds is 6. The Morgan fingerprint density at radius 3 is 2.41 bits per heavy atom. The Morgan fingerprint density at radius 2 is 1.81 bits per heavy atom. The number of benzene rings is 2. The van der Waals surface area contributed by atoms with Crippen molar-refractivity contribution < 1.29 is 32.5 Å². The highest BCUT2D eigenvalue weighted by atomic mass is 79.9. The van der Waals surface area contributed by atoms with E-state index in [9.17, 15) is 23.1 Å². The highest BCUT2D eigenvalue weighted by molar-refractivity contribution is 9.10. The van der Waals surface area contributed by atoms with Crippen molar-refractivity contribution in [3.8, 4) is 11.5 Å². The second kappa shape index (κ2) is 9.89. The number of methoxy groups -OCH3 is 2. The van der Waals surface area contributed by atoms with E-state index in [0.717, 1.165) is 12.1 Å². The topological polar surface area (TPSA) is 59.0 Å². The summed E-state index contributed by atoms with van der Waals surface area (Å²) in [5.41, 5.74) is -0.165. The molecule has 1 fully saturated rings. The van der Waals surface area contributed by atoms with E-state index in [2.05, 4.69) is 15.9 Å². The van der Waals surface area contributed by atoms with Crippen LogP contribution in [0.2, 0.25) is 5.02 Å². The monoisotopic (exact) mass is 535 g/mol. The van der Waals surface area contributed by atoms with Gasteiger partial charge in [0.2, 0.25) is 0 Å². The van der Waals surface area contributed by atoms with Crippen molar-refractivity contribution in [1.29, 1.82) is 0 Å². The number of alkyl halides is 3. The van der Waals surface area contributed by atoms with Gasteiger partial charge in [-0.25, -0.2) is 0 Å². The summed E-state index contributed by atoms with van der Waals surface area (Å²) in [6.07, 6.45) is -2.77. The number of hydrogen-bond acceptors (Lipinski definition) is 4. The van der Waals surface area contributed by atoms with Crippen LogP contribution >= 0.6 is 27.5 Å². The van der Waals surface area contributed by atoms with E-state index in [1.165, 1.54) is 20.3 Å². The Hall–Kier alpha value is -1.97. The maximum absolute atomic E-state index is 13.5. The van der Waals surface area contributed by atoms with Crippen molar-refractivity contribution in [2.45, 2.75) is 37.5 Å². The molecule has 2 aromatic rings. The third kappa shape index (κ3) is 5.00. The number of piperidine rings is 1. The Labute approximate surface area is 197 Å². The summed E-state index contributed by atoms with van der Waals surface area (Å²) in [4.78, 5) is 13.7. The summed E-state index contributed by atoms with van der Waals surface area (Å²) in [5.74, 6) is -0.248. The van der Waals surface area contributed by atoms with Crippen LogP contribution in [0.3, 0.4) is 0 Å². The van der Waals surface area contributed by atoms with Gasteiger partial charge in [-0.05, 0) is 60.8 Å². The number of ether oxygens (including phenoxy) is 2. The highest BCUT2D eigenvalue weighted by Crippen LogP contribution is 2.45. The molecule has 5 nitrogen and oxygen atoms in total. The average molecular weight is 537 g/mol. The zero-order valence-electron chi connectivity index (χ0n) is 17.4. The van der Waals surface area contributed by atoms with Crippen molar-refractivity contribution in [1.82, 2.24) is 4.90 Å². The van der Waals surface area contributed by atoms with Crippen LogP contribution < -0.4 is 9.47 Å². The molecule has 0 saturated carbocycles. The first-order chi connectivity index (χ1) is 15.1. The molecule has 10 heteroatoms. The third-order valence-corrected chi connectivity index (χ3v) is 6.61. The van der Waals surface area contributed by atoms with Gasteiger partial charge in [0.1, 0.15) is 6.04 Å². The smallest absolute Gasteiger partial charge is 0.416 e. The van der Waals surface area contributed by atoms with Gasteiger partial charge >= 0.3 is 12.1 Å². The molecule has 0 amide bonds. The van der Waals surface area contributed by atoms with Crippen LogP contribution in [0.1, 0.15) is 42.0 Å². The van der Waals surface area contributed by atoms with Gasteiger partial charge in [-0.2, -0.15) is 13.2 Å². The van der Waals surface area contributed by atoms with E-state index in [-0.39, 0.29) is 10.6 Å². The molecule has 0 spiro atoms. The van der Waals surface area contributed by atoms with Crippen LogP contribution in [0.4, 0.5) is 13.2 Å². The Balaban J connectivity index is 2.28. The minimum atomic E-state index is -4.58. The zero-order valence-corrected chi connectivity index (χ0v) is 19.7. The molecule has 32 heavy (non-hydrogen) atoms. The predicted octanol–water partition coefficient (Wildman–Crippen LogP) is 6.17. The number of aliphatic carboxylic acids is 1. The summed E-state index contributed by atoms with van der Waals surface area (Å²) < 4.78 is 51.8. The summed E-state index contributed by atoms with van der Waals surface area (Å²) in [5, 5.41) is 9.96. The standard InChI is InChI=1S/C22H22BrClF3NO4/c1-31-18-10-13(15(23)11-19(18)32-2)20(28-8-4-3-5-17(28)21(29)30)14-9-12(22(25,26)27)6-7-16(14)24/h6-7,9-11,17,20H,3-5,8H2,1-2H3,(H,29,30). The SMILES string of the molecule is COc1cc(Br)c(C(c2cc(C(F)(F)F)ccc2Cl)N2CCCCC2C(=O)O)cc1OC. The van der Waals surface area contributed by atoms with Crippen molar-refractivity contribution in [3.05, 3.63) is 56.5 Å². The van der Waals surface area contributed by atoms with Crippen molar-refractivity contribution in [2.24, 2.45) is 0 Å². The predicted molar refractivity (Wildman–Crippen MR) is 118 cm³/mol. The second-order valence-corrected chi connectivity index (χ2v) is 8.71. The largest absolute Gasteiger partial charge is 0.493 e. The van der Waals surface area contributed by atoms with Crippen LogP contribution in [0.25, 0.3) is 0 Å². The minimum absolute atomic E-state index is 0.111. The molecule has 2 unspecified atom stereocenters. The Bertz CT molecular complexity index is 1000. The number of nitrogens with zero attached hydrogens (tertiary/aromatic N) is 1. The number of likely N-dealkylation sites (tertiary alicyclic amines) is 1. The molecule has 2 atom stereocenters. The molecule has 1 aliphatic heterocycles. The molecule has 3 rings (SSSR count). The lowest BCUT2D eigenvalue weighted by atomic mass is 9.90. The van der Waals surface area contributed by atoms with Gasteiger partial charge in [0.25, 0.3) is 0 Å². The molecule has 1 saturated heterocycles. The fraction of sp³-hybridized carbons (Fsp3) is 0.409. The van der Waals surface area contributed by atoms with Crippen LogP contribution in [-0.2, 0) is 11.0 Å². The van der Waals surface area contributed by atoms with Gasteiger partial charge in [-0.3, -0.25) is 9.69 Å². The lowest BCUT2D eigenvalue weighted by Crippen LogP contribution is -2.47. The first kappa shape index (κ1) is 24.7. The molecule has 174 valence electrons. The number of halogens is 5. The number of carboxylic acids is 1. The van der Waals surface area contributed by atoms with E-state index in [1.54, 1.807) is 17.0 Å². The lowest BCUT2D eigenvalue weighted by molar-refractivity contribution is -0.145. The van der Waals surface area contributed by atoms with Gasteiger partial charge in [-0.15, -0.1) is 0 Å². The van der Waals surface area contributed by atoms with Gasteiger partial charge < -0.3 is 14.6 Å². The molecule has 0 aromatic heterocycles. The first-order valence-electron chi connectivity index (χ1n) is 9.85. The summed E-state index contributed by atoms with van der Waals surface area (Å²) in [7, 11) is 2.92. The van der Waals surface area contributed by atoms with E-state index in [4.69, 9.17) is 21.1 Å². The number of hydrogen-bond donors (Lipinski definition) is 1. The molecule has 0 aliphatic carbocycles. The molecule has 2 aromatic carbocycles. The summed E-state index contributed by atoms with van der Waals surface area (Å²) in [6.45, 7) is 0.384. The number of carboxylic acid groups (broad SMARTS) is 1. The van der Waals surface area contributed by atoms with Gasteiger partial charge in [-0.1, -0.05) is 34.0 Å². The van der Waals surface area contributed by atoms with Crippen molar-refractivity contribution >= 4 is 33.5 Å². The van der Waals surface area contributed by atoms with E-state index < -0.39 is 29.8 Å². The quantitative estimate of drug-likeness (QED) is 0.479. The summed E-state index contributed by atoms with van der Waals surface area (Å²) in [6, 6.07) is 4.64. The van der Waals surface area contributed by atoms with Gasteiger partial charge in [0.15, 0.2) is 11.5 Å². The first-order valence-corrected chi connectivity index (χ1v) is 11.0. The highest BCUT2D eigenvalue weighted by Gasteiger charge is 2.39. The maximum atomic E-state index is 13.5. The maximum Gasteiger partial charge on any atom is 0.416 e. The van der Waals surface area contributed by atoms with Gasteiger partial charge in [0, 0.05) is 9.50 Å². The minimum Gasteiger partial charge on any atom is -0.493 e. The second-order valence-electron chi connectivity index (χ2n) is 7.45. The van der Waals surface area contributed by atoms with E-state index in [1.807, 2.05) is 0 Å². The van der Waals surface area contributed by atoms with Crippen molar-refractivity contribution in [2.75, 3.05) is 20.8 Å². The van der Waals surface area contributed by atoms with Crippen LogP contribution in [0, 0.1) is 0 Å². The molecule has 1 heterocycles. The van der Waals surface area contributed by atoms with Gasteiger partial charge in [0.05, 0.1) is 25.8 Å². The molecule has 0 radical (unpaired) electrons. The van der Waals surface area contributed by atoms with Crippen LogP contribution in [-0.4, -0.2) is 42.8 Å². The third-order valence-electron chi connectivity index (χ3n) is 5.58. The zero-order chi connectivity index (χ0) is 23.6. The molecular formula is C22H22BrClF3NO4. The molecular weight excluding hydrogens is 515 g/mol. The fourth-order valence-electron chi connectivity index (χ4n) is 4.06. The molecule has 1 N–H and O–H groups in total. The fourth-order valence-corrected chi connectivity index (χ4v) is 4.82. The lowest BCUT2D eigenvalue weighted by Gasteiger charge is -2.40. The van der Waals surface area contributed by atoms with Crippen LogP contribution in [0.15, 0.2) is 34.8 Å². The molecule has 1 aliphatic rings.